The Balaban J connectivity index is 4.14. The largest absolute Gasteiger partial charge is 0.501 e. The Hall–Kier alpha value is -0.0231. The van der Waals surface area contributed by atoms with Gasteiger partial charge in [0.25, 0.3) is 0 Å². The van der Waals surface area contributed by atoms with Gasteiger partial charge in [-0.15, -0.1) is 0 Å². The Morgan fingerprint density at radius 1 is 0.739 bits per heavy atom. The van der Waals surface area contributed by atoms with Crippen molar-refractivity contribution in [2.45, 2.75) is 52.5 Å². The lowest BCUT2D eigenvalue weighted by molar-refractivity contribution is 0.0588. The first-order valence-electron chi connectivity index (χ1n) is 9.28. The molecule has 7 heteroatoms. The highest BCUT2D eigenvalue weighted by molar-refractivity contribution is 6.60. The van der Waals surface area contributed by atoms with Gasteiger partial charge in [0.2, 0.25) is 0 Å². The molecule has 6 nitrogen and oxygen atoms in total. The van der Waals surface area contributed by atoms with Gasteiger partial charge in [-0.25, -0.2) is 0 Å². The van der Waals surface area contributed by atoms with Gasteiger partial charge in [-0.1, -0.05) is 20.8 Å². The SMILES string of the molecule is CCCO[Si](CCCNCCNCCN)(OCCC)OCCC. The van der Waals surface area contributed by atoms with Crippen LogP contribution in [-0.2, 0) is 13.3 Å². The minimum atomic E-state index is -2.51. The van der Waals surface area contributed by atoms with Crippen LogP contribution in [0.2, 0.25) is 6.04 Å². The maximum absolute atomic E-state index is 6.08. The van der Waals surface area contributed by atoms with E-state index in [1.165, 1.54) is 0 Å². The molecular formula is C16H39N3O3Si. The molecule has 0 fully saturated rings. The summed E-state index contributed by atoms with van der Waals surface area (Å²) in [6.45, 7) is 12.9. The summed E-state index contributed by atoms with van der Waals surface area (Å²) in [5.41, 5.74) is 5.44. The molecule has 0 aromatic heterocycles. The van der Waals surface area contributed by atoms with E-state index in [4.69, 9.17) is 19.0 Å². The van der Waals surface area contributed by atoms with E-state index in [2.05, 4.69) is 31.4 Å². The lowest BCUT2D eigenvalue weighted by atomic mass is 10.4. The predicted octanol–water partition coefficient (Wildman–Crippen LogP) is 1.73. The normalized spacial score (nSPS) is 12.0. The van der Waals surface area contributed by atoms with Crippen molar-refractivity contribution in [2.24, 2.45) is 5.73 Å². The average Bonchev–Trinajstić information content (AvgIpc) is 2.58. The predicted molar refractivity (Wildman–Crippen MR) is 98.7 cm³/mol. The molecule has 0 spiro atoms. The third kappa shape index (κ3) is 13.0. The van der Waals surface area contributed by atoms with Crippen molar-refractivity contribution in [1.82, 2.24) is 10.6 Å². The standard InChI is InChI=1S/C16H39N3O3Si/c1-4-13-20-23(21-14-5-2,22-15-6-3)16-7-9-18-11-12-19-10-8-17/h18-19H,4-17H2,1-3H3. The van der Waals surface area contributed by atoms with Crippen molar-refractivity contribution in [2.75, 3.05) is 52.5 Å². The molecule has 0 unspecified atom stereocenters. The van der Waals surface area contributed by atoms with Crippen LogP contribution in [0.15, 0.2) is 0 Å². The summed E-state index contributed by atoms with van der Waals surface area (Å²) in [4.78, 5) is 0. The molecule has 0 aliphatic heterocycles. The van der Waals surface area contributed by atoms with Gasteiger partial charge in [0.05, 0.1) is 0 Å². The second-order valence-corrected chi connectivity index (χ2v) is 8.35. The summed E-state index contributed by atoms with van der Waals surface area (Å²) >= 11 is 0. The molecule has 0 saturated carbocycles. The van der Waals surface area contributed by atoms with Gasteiger partial charge in [0.1, 0.15) is 0 Å². The van der Waals surface area contributed by atoms with Gasteiger partial charge in [-0.05, 0) is 32.2 Å². The highest BCUT2D eigenvalue weighted by Gasteiger charge is 2.40. The van der Waals surface area contributed by atoms with E-state index in [-0.39, 0.29) is 0 Å². The molecule has 0 radical (unpaired) electrons. The third-order valence-corrected chi connectivity index (χ3v) is 6.11. The topological polar surface area (TPSA) is 77.8 Å². The van der Waals surface area contributed by atoms with Crippen LogP contribution in [0, 0.1) is 0 Å². The molecule has 0 heterocycles. The van der Waals surface area contributed by atoms with Gasteiger partial charge < -0.3 is 29.6 Å². The molecule has 0 aliphatic rings. The van der Waals surface area contributed by atoms with E-state index >= 15 is 0 Å². The van der Waals surface area contributed by atoms with E-state index in [0.717, 1.165) is 77.7 Å². The maximum Gasteiger partial charge on any atom is 0.501 e. The molecular weight excluding hydrogens is 310 g/mol. The highest BCUT2D eigenvalue weighted by atomic mass is 28.4. The summed E-state index contributed by atoms with van der Waals surface area (Å²) in [6, 6.07) is 0.885. The maximum atomic E-state index is 6.08. The molecule has 0 bridgehead atoms. The Kier molecular flexibility index (Phi) is 16.8. The summed E-state index contributed by atoms with van der Waals surface area (Å²) < 4.78 is 18.2. The smallest absolute Gasteiger partial charge is 0.373 e. The molecule has 0 atom stereocenters. The van der Waals surface area contributed by atoms with E-state index in [1.54, 1.807) is 0 Å². The summed E-state index contributed by atoms with van der Waals surface area (Å²) in [6.07, 6.45) is 3.99. The Morgan fingerprint density at radius 3 is 1.65 bits per heavy atom. The van der Waals surface area contributed by atoms with Crippen LogP contribution in [0.5, 0.6) is 0 Å². The fourth-order valence-electron chi connectivity index (χ4n) is 2.07. The third-order valence-electron chi connectivity index (χ3n) is 3.21. The van der Waals surface area contributed by atoms with Crippen molar-refractivity contribution in [3.05, 3.63) is 0 Å². The van der Waals surface area contributed by atoms with Crippen molar-refractivity contribution < 1.29 is 13.3 Å². The lowest BCUT2D eigenvalue weighted by Gasteiger charge is -2.29. The van der Waals surface area contributed by atoms with E-state index in [1.807, 2.05) is 0 Å². The summed E-state index contributed by atoms with van der Waals surface area (Å²) in [5, 5.41) is 6.71. The van der Waals surface area contributed by atoms with Crippen LogP contribution >= 0.6 is 0 Å². The average molecular weight is 350 g/mol. The number of hydrogen-bond acceptors (Lipinski definition) is 6. The van der Waals surface area contributed by atoms with Gasteiger partial charge >= 0.3 is 8.80 Å². The molecule has 0 amide bonds. The van der Waals surface area contributed by atoms with Gasteiger partial charge in [0, 0.05) is 52.0 Å². The molecule has 4 N–H and O–H groups in total. The molecule has 0 saturated heterocycles. The number of nitrogens with two attached hydrogens (primary N) is 1. The Bertz CT molecular complexity index is 227. The summed E-state index contributed by atoms with van der Waals surface area (Å²) in [5.74, 6) is 0. The minimum Gasteiger partial charge on any atom is -0.373 e. The van der Waals surface area contributed by atoms with Gasteiger partial charge in [-0.3, -0.25) is 0 Å². The lowest BCUT2D eigenvalue weighted by Crippen LogP contribution is -2.47. The molecule has 0 rings (SSSR count). The van der Waals surface area contributed by atoms with Crippen LogP contribution in [0.1, 0.15) is 46.5 Å². The molecule has 140 valence electrons. The number of nitrogens with one attached hydrogen (secondary N) is 2. The monoisotopic (exact) mass is 349 g/mol. The van der Waals surface area contributed by atoms with Crippen LogP contribution in [0.3, 0.4) is 0 Å². The zero-order valence-electron chi connectivity index (χ0n) is 15.5. The quantitative estimate of drug-likeness (QED) is 0.258. The second kappa shape index (κ2) is 16.8. The fraction of sp³-hybridized carbons (Fsp3) is 1.00. The number of rotatable bonds is 18. The van der Waals surface area contributed by atoms with Crippen LogP contribution in [0.25, 0.3) is 0 Å². The van der Waals surface area contributed by atoms with Gasteiger partial charge in [-0.2, -0.15) is 0 Å². The Labute approximate surface area is 144 Å². The van der Waals surface area contributed by atoms with Crippen LogP contribution in [-0.4, -0.2) is 61.3 Å². The second-order valence-electron chi connectivity index (χ2n) is 5.62. The fourth-order valence-corrected chi connectivity index (χ4v) is 4.91. The molecule has 0 aromatic carbocycles. The van der Waals surface area contributed by atoms with E-state index in [9.17, 15) is 0 Å². The first-order valence-corrected chi connectivity index (χ1v) is 11.2. The van der Waals surface area contributed by atoms with Crippen molar-refractivity contribution in [1.29, 1.82) is 0 Å². The van der Waals surface area contributed by atoms with Crippen molar-refractivity contribution >= 4 is 8.80 Å². The highest BCUT2D eigenvalue weighted by Crippen LogP contribution is 2.19. The van der Waals surface area contributed by atoms with E-state index < -0.39 is 8.80 Å². The van der Waals surface area contributed by atoms with E-state index in [0.29, 0.717) is 6.54 Å². The van der Waals surface area contributed by atoms with Crippen LogP contribution in [0.4, 0.5) is 0 Å². The molecule has 23 heavy (non-hydrogen) atoms. The van der Waals surface area contributed by atoms with Crippen molar-refractivity contribution in [3.63, 3.8) is 0 Å². The Morgan fingerprint density at radius 2 is 1.22 bits per heavy atom. The minimum absolute atomic E-state index is 0.687. The number of hydrogen-bond donors (Lipinski definition) is 3. The van der Waals surface area contributed by atoms with Crippen LogP contribution < -0.4 is 16.4 Å². The molecule has 0 aromatic rings. The van der Waals surface area contributed by atoms with Gasteiger partial charge in [0.15, 0.2) is 0 Å². The first kappa shape index (κ1) is 23.0. The zero-order chi connectivity index (χ0) is 17.2. The van der Waals surface area contributed by atoms with Crippen molar-refractivity contribution in [3.8, 4) is 0 Å². The zero-order valence-corrected chi connectivity index (χ0v) is 16.5. The summed E-state index contributed by atoms with van der Waals surface area (Å²) in [7, 11) is -2.51. The molecule has 0 aliphatic carbocycles. The first-order chi connectivity index (χ1) is 11.2.